The molecule has 0 bridgehead atoms. The third kappa shape index (κ3) is 4.90. The molecule has 3 aromatic carbocycles. The zero-order valence-corrected chi connectivity index (χ0v) is 19.0. The number of aromatic nitrogens is 1. The molecule has 0 aliphatic rings. The van der Waals surface area contributed by atoms with Gasteiger partial charge in [0.25, 0.3) is 5.56 Å². The molecule has 0 aliphatic heterocycles. The first-order valence-corrected chi connectivity index (χ1v) is 10.8. The van der Waals surface area contributed by atoms with Crippen molar-refractivity contribution in [1.29, 1.82) is 0 Å². The number of H-pyrrole nitrogens is 1. The van der Waals surface area contributed by atoms with Crippen LogP contribution in [0.5, 0.6) is 5.75 Å². The number of carbonyl (C=O) groups excluding carboxylic acids is 1. The first kappa shape index (κ1) is 22.1. The first-order valence-electron chi connectivity index (χ1n) is 10.8. The van der Waals surface area contributed by atoms with Gasteiger partial charge in [0.1, 0.15) is 5.75 Å². The Morgan fingerprint density at radius 1 is 0.970 bits per heavy atom. The Balaban J connectivity index is 1.68. The number of fused-ring (bicyclic) bond motifs is 1. The lowest BCUT2D eigenvalue weighted by Crippen LogP contribution is -2.35. The molecule has 2 amide bonds. The molecule has 2 N–H and O–H groups in total. The number of hydrogen-bond acceptors (Lipinski definition) is 3. The van der Waals surface area contributed by atoms with Gasteiger partial charge in [0, 0.05) is 12.1 Å². The number of hydrogen-bond donors (Lipinski definition) is 2. The summed E-state index contributed by atoms with van der Waals surface area (Å²) in [7, 11) is 1.56. The van der Waals surface area contributed by atoms with Gasteiger partial charge in [-0.3, -0.25) is 4.79 Å². The highest BCUT2D eigenvalue weighted by Crippen LogP contribution is 2.24. The molecule has 0 atom stereocenters. The van der Waals surface area contributed by atoms with Gasteiger partial charge in [-0.15, -0.1) is 0 Å². The Morgan fingerprint density at radius 3 is 2.45 bits per heavy atom. The van der Waals surface area contributed by atoms with Crippen LogP contribution in [0.1, 0.15) is 22.3 Å². The zero-order valence-electron chi connectivity index (χ0n) is 19.0. The smallest absolute Gasteiger partial charge is 0.322 e. The molecule has 0 radical (unpaired) electrons. The normalized spacial score (nSPS) is 10.8. The van der Waals surface area contributed by atoms with E-state index in [-0.39, 0.29) is 18.1 Å². The van der Waals surface area contributed by atoms with E-state index in [1.165, 1.54) is 0 Å². The predicted molar refractivity (Wildman–Crippen MR) is 132 cm³/mol. The van der Waals surface area contributed by atoms with Crippen LogP contribution in [0.4, 0.5) is 10.5 Å². The van der Waals surface area contributed by atoms with Crippen molar-refractivity contribution < 1.29 is 9.53 Å². The lowest BCUT2D eigenvalue weighted by Gasteiger charge is -2.24. The third-order valence-electron chi connectivity index (χ3n) is 5.84. The molecule has 168 valence electrons. The van der Waals surface area contributed by atoms with Crippen molar-refractivity contribution in [2.75, 3.05) is 12.4 Å². The number of urea groups is 1. The fourth-order valence-corrected chi connectivity index (χ4v) is 3.84. The van der Waals surface area contributed by atoms with Crippen LogP contribution >= 0.6 is 0 Å². The molecule has 0 saturated carbocycles. The molecule has 6 nitrogen and oxygen atoms in total. The van der Waals surface area contributed by atoms with Gasteiger partial charge in [-0.25, -0.2) is 4.79 Å². The van der Waals surface area contributed by atoms with E-state index in [2.05, 4.69) is 10.3 Å². The number of aryl methyl sites for hydroxylation is 2. The molecule has 0 saturated heterocycles. The average molecular weight is 442 g/mol. The molecule has 4 aromatic rings. The lowest BCUT2D eigenvalue weighted by molar-refractivity contribution is 0.206. The van der Waals surface area contributed by atoms with Gasteiger partial charge in [-0.1, -0.05) is 54.6 Å². The highest BCUT2D eigenvalue weighted by Gasteiger charge is 2.18. The van der Waals surface area contributed by atoms with Gasteiger partial charge in [-0.05, 0) is 54.1 Å². The van der Waals surface area contributed by atoms with Crippen molar-refractivity contribution in [2.45, 2.75) is 26.9 Å². The van der Waals surface area contributed by atoms with E-state index >= 15 is 0 Å². The van der Waals surface area contributed by atoms with E-state index < -0.39 is 0 Å². The largest absolute Gasteiger partial charge is 0.495 e. The summed E-state index contributed by atoms with van der Waals surface area (Å²) in [4.78, 5) is 30.9. The Hall–Kier alpha value is -4.06. The van der Waals surface area contributed by atoms with Gasteiger partial charge in [0.15, 0.2) is 0 Å². The van der Waals surface area contributed by atoms with Crippen molar-refractivity contribution in [3.05, 3.63) is 105 Å². The molecule has 0 fully saturated rings. The second-order valence-electron chi connectivity index (χ2n) is 8.07. The van der Waals surface area contributed by atoms with Crippen LogP contribution in [0.3, 0.4) is 0 Å². The lowest BCUT2D eigenvalue weighted by atomic mass is 10.0. The average Bonchev–Trinajstić information content (AvgIpc) is 2.83. The van der Waals surface area contributed by atoms with Gasteiger partial charge >= 0.3 is 6.03 Å². The number of benzene rings is 3. The van der Waals surface area contributed by atoms with Crippen LogP contribution in [0.2, 0.25) is 0 Å². The first-order chi connectivity index (χ1) is 16.0. The molecular weight excluding hydrogens is 414 g/mol. The van der Waals surface area contributed by atoms with E-state index in [1.54, 1.807) is 24.1 Å². The number of pyridine rings is 1. The number of carbonyl (C=O) groups is 1. The maximum atomic E-state index is 13.3. The summed E-state index contributed by atoms with van der Waals surface area (Å²) in [5.74, 6) is 0.569. The maximum absolute atomic E-state index is 13.3. The number of para-hydroxylation sites is 2. The van der Waals surface area contributed by atoms with Crippen LogP contribution in [-0.4, -0.2) is 23.0 Å². The van der Waals surface area contributed by atoms with Crippen molar-refractivity contribution in [2.24, 2.45) is 0 Å². The fraction of sp³-hybridized carbons (Fsp3) is 0.185. The van der Waals surface area contributed by atoms with Crippen molar-refractivity contribution in [3.8, 4) is 5.75 Å². The van der Waals surface area contributed by atoms with Gasteiger partial charge < -0.3 is 19.9 Å². The van der Waals surface area contributed by atoms with Crippen LogP contribution in [0.25, 0.3) is 10.9 Å². The molecule has 0 aliphatic carbocycles. The van der Waals surface area contributed by atoms with Crippen LogP contribution in [-0.2, 0) is 13.1 Å². The topological polar surface area (TPSA) is 74.4 Å². The second-order valence-corrected chi connectivity index (χ2v) is 8.07. The molecule has 0 spiro atoms. The number of methoxy groups -OCH3 is 1. The van der Waals surface area contributed by atoms with Crippen LogP contribution in [0, 0.1) is 13.8 Å². The quantitative estimate of drug-likeness (QED) is 0.421. The molecular formula is C27H27N3O3. The summed E-state index contributed by atoms with van der Waals surface area (Å²) in [5, 5.41) is 3.87. The molecule has 33 heavy (non-hydrogen) atoms. The summed E-state index contributed by atoms with van der Waals surface area (Å²) in [6.07, 6.45) is 0. The fourth-order valence-electron chi connectivity index (χ4n) is 3.84. The minimum atomic E-state index is -0.317. The Bertz CT molecular complexity index is 1350. The monoisotopic (exact) mass is 441 g/mol. The summed E-state index contributed by atoms with van der Waals surface area (Å²) in [6, 6.07) is 22.5. The standard InChI is InChI=1S/C27H27N3O3/c1-18-13-14-21-15-22(26(31)29-25(21)19(18)2)17-30(16-20-9-5-4-6-10-20)27(32)28-23-11-7-8-12-24(23)33-3/h4-15H,16-17H2,1-3H3,(H,28,32)(H,29,31). The van der Waals surface area contributed by atoms with Crippen LogP contribution in [0.15, 0.2) is 77.6 Å². The number of nitrogens with one attached hydrogen (secondary N) is 2. The number of ether oxygens (including phenoxy) is 1. The van der Waals surface area contributed by atoms with Crippen molar-refractivity contribution in [3.63, 3.8) is 0 Å². The third-order valence-corrected chi connectivity index (χ3v) is 5.84. The molecule has 1 heterocycles. The Labute approximate surface area is 192 Å². The highest BCUT2D eigenvalue weighted by molar-refractivity contribution is 5.91. The number of anilines is 1. The summed E-state index contributed by atoms with van der Waals surface area (Å²) in [6.45, 7) is 4.53. The maximum Gasteiger partial charge on any atom is 0.322 e. The van der Waals surface area contributed by atoms with Gasteiger partial charge in [0.05, 0.1) is 24.9 Å². The minimum absolute atomic E-state index is 0.161. The predicted octanol–water partition coefficient (Wildman–Crippen LogP) is 5.39. The molecule has 0 unspecified atom stereocenters. The summed E-state index contributed by atoms with van der Waals surface area (Å²) >= 11 is 0. The van der Waals surface area contributed by atoms with E-state index in [4.69, 9.17) is 4.74 Å². The SMILES string of the molecule is COc1ccccc1NC(=O)N(Cc1ccccc1)Cc1cc2ccc(C)c(C)c2[nH]c1=O. The zero-order chi connectivity index (χ0) is 23.4. The van der Waals surface area contributed by atoms with E-state index in [0.29, 0.717) is 23.5 Å². The van der Waals surface area contributed by atoms with Gasteiger partial charge in [-0.2, -0.15) is 0 Å². The summed E-state index contributed by atoms with van der Waals surface area (Å²) in [5.41, 5.74) is 4.87. The Kier molecular flexibility index (Phi) is 6.45. The van der Waals surface area contributed by atoms with Crippen LogP contribution < -0.4 is 15.6 Å². The highest BCUT2D eigenvalue weighted by atomic mass is 16.5. The number of rotatable bonds is 6. The number of nitrogens with zero attached hydrogens (tertiary/aromatic N) is 1. The molecule has 1 aromatic heterocycles. The van der Waals surface area contributed by atoms with E-state index in [1.807, 2.05) is 74.5 Å². The van der Waals surface area contributed by atoms with E-state index in [9.17, 15) is 9.59 Å². The van der Waals surface area contributed by atoms with Crippen molar-refractivity contribution >= 4 is 22.6 Å². The summed E-state index contributed by atoms with van der Waals surface area (Å²) < 4.78 is 5.36. The van der Waals surface area contributed by atoms with Gasteiger partial charge in [0.2, 0.25) is 0 Å². The minimum Gasteiger partial charge on any atom is -0.495 e. The Morgan fingerprint density at radius 2 is 1.70 bits per heavy atom. The second kappa shape index (κ2) is 9.61. The number of aromatic amines is 1. The molecule has 6 heteroatoms. The number of amides is 2. The van der Waals surface area contributed by atoms with Crippen molar-refractivity contribution in [1.82, 2.24) is 9.88 Å². The molecule has 4 rings (SSSR count). The van der Waals surface area contributed by atoms with E-state index in [0.717, 1.165) is 27.6 Å².